The van der Waals surface area contributed by atoms with Gasteiger partial charge in [-0.3, -0.25) is 9.59 Å². The Bertz CT molecular complexity index is 1500. The topological polar surface area (TPSA) is 47.3 Å². The van der Waals surface area contributed by atoms with Crippen LogP contribution in [0, 0.1) is 0 Å². The molecule has 202 valence electrons. The quantitative estimate of drug-likeness (QED) is 0.100. The molecule has 0 fully saturated rings. The van der Waals surface area contributed by atoms with Gasteiger partial charge in [0.2, 0.25) is 11.5 Å². The van der Waals surface area contributed by atoms with Gasteiger partial charge in [0.1, 0.15) is 4.21 Å². The third-order valence-corrected chi connectivity index (χ3v) is 8.96. The number of esters is 1. The largest absolute Gasteiger partial charge is 1.00 e. The molecule has 4 nitrogen and oxygen atoms in total. The first-order valence-electron chi connectivity index (χ1n) is 12.8. The zero-order valence-electron chi connectivity index (χ0n) is 21.9. The Labute approximate surface area is 253 Å². The molecule has 2 heterocycles. The van der Waals surface area contributed by atoms with E-state index < -0.39 is 0 Å². The van der Waals surface area contributed by atoms with Crippen molar-refractivity contribution in [2.45, 2.75) is 22.8 Å². The van der Waals surface area contributed by atoms with E-state index in [4.69, 9.17) is 4.74 Å². The lowest BCUT2D eigenvalue weighted by molar-refractivity contribution is -0.598. The first-order chi connectivity index (χ1) is 19.2. The van der Waals surface area contributed by atoms with Crippen LogP contribution in [0.2, 0.25) is 0 Å². The number of ketones is 1. The number of thiophene rings is 1. The fourth-order valence-corrected chi connectivity index (χ4v) is 7.32. The zero-order chi connectivity index (χ0) is 27.0. The Hall–Kier alpha value is -3.52. The van der Waals surface area contributed by atoms with Gasteiger partial charge in [0.15, 0.2) is 12.4 Å². The van der Waals surface area contributed by atoms with Gasteiger partial charge in [-0.05, 0) is 18.1 Å². The van der Waals surface area contributed by atoms with E-state index in [0.29, 0.717) is 16.0 Å². The molecule has 0 amide bonds. The molecular weight excluding hydrogens is 602 g/mol. The van der Waals surface area contributed by atoms with Crippen molar-refractivity contribution in [1.29, 1.82) is 0 Å². The maximum atomic E-state index is 13.9. The number of hydrogen-bond acceptors (Lipinski definition) is 5. The Morgan fingerprint density at radius 3 is 1.88 bits per heavy atom. The summed E-state index contributed by atoms with van der Waals surface area (Å²) in [5.74, 6) is -0.449. The summed E-state index contributed by atoms with van der Waals surface area (Å²) < 4.78 is 8.31. The number of halogens is 1. The molecular formula is C33H28BrNO3S2. The summed E-state index contributed by atoms with van der Waals surface area (Å²) in [4.78, 5) is 27.3. The SMILES string of the molecule is CCOC(=O)Cc1c(C(=O)c2ccccc2)sc(SC(c2ccccc2)c2ccccc2)c1-[n+]1ccccc1.[Br-]. The van der Waals surface area contributed by atoms with Crippen LogP contribution in [0.3, 0.4) is 0 Å². The maximum Gasteiger partial charge on any atom is 0.310 e. The Morgan fingerprint density at radius 1 is 0.800 bits per heavy atom. The van der Waals surface area contributed by atoms with E-state index >= 15 is 0 Å². The molecule has 0 spiro atoms. The van der Waals surface area contributed by atoms with E-state index in [9.17, 15) is 9.59 Å². The summed E-state index contributed by atoms with van der Waals surface area (Å²) in [5, 5.41) is -0.00997. The van der Waals surface area contributed by atoms with Gasteiger partial charge in [0, 0.05) is 17.7 Å². The summed E-state index contributed by atoms with van der Waals surface area (Å²) in [5.41, 5.74) is 4.44. The van der Waals surface area contributed by atoms with E-state index in [1.807, 2.05) is 102 Å². The van der Waals surface area contributed by atoms with E-state index in [2.05, 4.69) is 24.3 Å². The molecule has 7 heteroatoms. The van der Waals surface area contributed by atoms with E-state index in [0.717, 1.165) is 21.0 Å². The number of pyridine rings is 1. The summed E-state index contributed by atoms with van der Waals surface area (Å²) in [6.07, 6.45) is 3.92. The normalized spacial score (nSPS) is 10.7. The summed E-state index contributed by atoms with van der Waals surface area (Å²) in [6.45, 7) is 2.07. The maximum absolute atomic E-state index is 13.9. The fraction of sp³-hybridized carbons (Fsp3) is 0.121. The van der Waals surface area contributed by atoms with Crippen LogP contribution in [-0.2, 0) is 16.0 Å². The van der Waals surface area contributed by atoms with Gasteiger partial charge in [-0.25, -0.2) is 0 Å². The predicted molar refractivity (Wildman–Crippen MR) is 157 cm³/mol. The third kappa shape index (κ3) is 6.78. The molecule has 5 rings (SSSR count). The van der Waals surface area contributed by atoms with Crippen molar-refractivity contribution in [3.8, 4) is 5.69 Å². The van der Waals surface area contributed by atoms with Crippen LogP contribution in [0.15, 0.2) is 126 Å². The molecule has 0 aliphatic heterocycles. The Balaban J connectivity index is 0.00000370. The van der Waals surface area contributed by atoms with Gasteiger partial charge in [-0.15, -0.1) is 11.3 Å². The van der Waals surface area contributed by atoms with Crippen molar-refractivity contribution < 1.29 is 35.9 Å². The molecule has 0 saturated heterocycles. The second-order valence-corrected chi connectivity index (χ2v) is 11.2. The van der Waals surface area contributed by atoms with Gasteiger partial charge in [-0.1, -0.05) is 109 Å². The van der Waals surface area contributed by atoms with Crippen LogP contribution in [0.25, 0.3) is 5.69 Å². The van der Waals surface area contributed by atoms with Crippen LogP contribution in [0.1, 0.15) is 44.1 Å². The second-order valence-electron chi connectivity index (χ2n) is 8.82. The lowest BCUT2D eigenvalue weighted by atomic mass is 10.0. The molecule has 0 saturated carbocycles. The molecule has 3 aromatic carbocycles. The van der Waals surface area contributed by atoms with Crippen LogP contribution in [0.4, 0.5) is 0 Å². The second kappa shape index (κ2) is 14.2. The van der Waals surface area contributed by atoms with Crippen molar-refractivity contribution in [2.24, 2.45) is 0 Å². The van der Waals surface area contributed by atoms with Gasteiger partial charge in [-0.2, -0.15) is 4.57 Å². The minimum Gasteiger partial charge on any atom is -1.00 e. The molecule has 0 aliphatic rings. The number of rotatable bonds is 10. The first kappa shape index (κ1) is 29.5. The monoisotopic (exact) mass is 629 g/mol. The smallest absolute Gasteiger partial charge is 0.310 e. The number of nitrogens with zero attached hydrogens (tertiary/aromatic N) is 1. The molecule has 0 atom stereocenters. The molecule has 0 N–H and O–H groups in total. The minimum absolute atomic E-state index is 0. The molecule has 40 heavy (non-hydrogen) atoms. The zero-order valence-corrected chi connectivity index (χ0v) is 25.1. The van der Waals surface area contributed by atoms with Gasteiger partial charge >= 0.3 is 5.97 Å². The van der Waals surface area contributed by atoms with Gasteiger partial charge in [0.25, 0.3) is 0 Å². The molecule has 5 aromatic rings. The lowest BCUT2D eigenvalue weighted by Gasteiger charge is -2.17. The number of benzene rings is 3. The van der Waals surface area contributed by atoms with Crippen molar-refractivity contribution in [3.63, 3.8) is 0 Å². The lowest BCUT2D eigenvalue weighted by Crippen LogP contribution is -3.00. The number of hydrogen-bond donors (Lipinski definition) is 0. The highest BCUT2D eigenvalue weighted by Gasteiger charge is 2.33. The van der Waals surface area contributed by atoms with Crippen LogP contribution in [0.5, 0.6) is 0 Å². The van der Waals surface area contributed by atoms with Crippen LogP contribution >= 0.6 is 23.1 Å². The van der Waals surface area contributed by atoms with Crippen LogP contribution in [-0.4, -0.2) is 18.4 Å². The van der Waals surface area contributed by atoms with Crippen molar-refractivity contribution >= 4 is 34.9 Å². The number of carbonyl (C=O) groups excluding carboxylic acids is 2. The Kier molecular flexibility index (Phi) is 10.5. The van der Waals surface area contributed by atoms with Crippen molar-refractivity contribution in [1.82, 2.24) is 0 Å². The van der Waals surface area contributed by atoms with E-state index in [1.165, 1.54) is 11.3 Å². The van der Waals surface area contributed by atoms with Crippen molar-refractivity contribution in [3.05, 3.63) is 149 Å². The van der Waals surface area contributed by atoms with E-state index in [-0.39, 0.29) is 47.0 Å². The molecule has 0 radical (unpaired) electrons. The predicted octanol–water partition coefficient (Wildman–Crippen LogP) is 4.25. The number of aromatic nitrogens is 1. The molecule has 0 unspecified atom stereocenters. The molecule has 0 aliphatic carbocycles. The average molecular weight is 631 g/mol. The number of thioether (sulfide) groups is 1. The van der Waals surface area contributed by atoms with E-state index in [1.54, 1.807) is 18.7 Å². The van der Waals surface area contributed by atoms with Gasteiger partial charge in [0.05, 0.1) is 28.7 Å². The summed E-state index contributed by atoms with van der Waals surface area (Å²) >= 11 is 3.14. The first-order valence-corrected chi connectivity index (χ1v) is 14.5. The Morgan fingerprint density at radius 2 is 1.32 bits per heavy atom. The summed E-state index contributed by atoms with van der Waals surface area (Å²) in [7, 11) is 0. The highest BCUT2D eigenvalue weighted by atomic mass is 79.9. The molecule has 2 aromatic heterocycles. The highest BCUT2D eigenvalue weighted by molar-refractivity contribution is 8.01. The fourth-order valence-electron chi connectivity index (χ4n) is 4.44. The highest BCUT2D eigenvalue weighted by Crippen LogP contribution is 2.47. The average Bonchev–Trinajstić information content (AvgIpc) is 3.34. The van der Waals surface area contributed by atoms with Crippen molar-refractivity contribution in [2.75, 3.05) is 6.61 Å². The third-order valence-electron chi connectivity index (χ3n) is 6.22. The van der Waals surface area contributed by atoms with Gasteiger partial charge < -0.3 is 21.7 Å². The summed E-state index contributed by atoms with van der Waals surface area (Å²) in [6, 6.07) is 35.8. The minimum atomic E-state index is -0.352. The number of carbonyl (C=O) groups is 2. The number of ether oxygens (including phenoxy) is 1. The molecule has 0 bridgehead atoms. The van der Waals surface area contributed by atoms with Crippen LogP contribution < -0.4 is 21.5 Å². The standard InChI is InChI=1S/C33H28NO3S2.BrH/c1-2-37-28(35)23-27-29(34-21-13-6-14-22-34)33(39-32(27)30(36)24-15-7-3-8-16-24)38-31(25-17-9-4-10-18-25)26-19-11-5-12-20-26;/h3-22,31H,2,23H2,1H3;1H/q+1;/p-1.